The van der Waals surface area contributed by atoms with Gasteiger partial charge in [0.2, 0.25) is 0 Å². The molecule has 0 fully saturated rings. The Morgan fingerprint density at radius 2 is 1.23 bits per heavy atom. The van der Waals surface area contributed by atoms with Gasteiger partial charge in [-0.05, 0) is 47.5 Å². The van der Waals surface area contributed by atoms with E-state index >= 15 is 0 Å². The smallest absolute Gasteiger partial charge is 0.307 e. The van der Waals surface area contributed by atoms with E-state index in [1.54, 1.807) is 62.8 Å². The number of hydrogen-bond donors (Lipinski definition) is 2. The van der Waals surface area contributed by atoms with E-state index in [0.29, 0.717) is 11.5 Å². The lowest BCUT2D eigenvalue weighted by Crippen LogP contribution is -2.18. The van der Waals surface area contributed by atoms with Crippen molar-refractivity contribution in [2.75, 3.05) is 14.2 Å². The molecule has 0 aliphatic rings. The van der Waals surface area contributed by atoms with Crippen LogP contribution in [0.3, 0.4) is 0 Å². The second kappa shape index (κ2) is 10.4. The summed E-state index contributed by atoms with van der Waals surface area (Å²) in [4.78, 5) is 24.3. The summed E-state index contributed by atoms with van der Waals surface area (Å²) in [5, 5.41) is 7.74. The summed E-state index contributed by atoms with van der Waals surface area (Å²) in [6, 6.07) is 17.1. The minimum absolute atomic E-state index is 0.0651. The summed E-state index contributed by atoms with van der Waals surface area (Å²) >= 11 is 0. The molecule has 0 aliphatic heterocycles. The van der Waals surface area contributed by atoms with Crippen molar-refractivity contribution in [1.82, 2.24) is 10.9 Å². The molecule has 9 heteroatoms. The molecular weight excluding hydrogens is 400 g/mol. The third kappa shape index (κ3) is 6.04. The van der Waals surface area contributed by atoms with Gasteiger partial charge in [0.05, 0.1) is 26.6 Å². The minimum Gasteiger partial charge on any atom is -0.497 e. The van der Waals surface area contributed by atoms with Gasteiger partial charge < -0.3 is 13.9 Å². The van der Waals surface area contributed by atoms with E-state index in [9.17, 15) is 9.59 Å². The maximum atomic E-state index is 12.1. The van der Waals surface area contributed by atoms with Gasteiger partial charge in [-0.1, -0.05) is 24.3 Å². The lowest BCUT2D eigenvalue weighted by atomic mass is 10.2. The zero-order chi connectivity index (χ0) is 22.1. The van der Waals surface area contributed by atoms with Crippen LogP contribution < -0.4 is 20.3 Å². The van der Waals surface area contributed by atoms with E-state index in [1.807, 2.05) is 0 Å². The van der Waals surface area contributed by atoms with E-state index in [1.165, 1.54) is 24.6 Å². The SMILES string of the molecule is COc1cccc(/C=N/NC(=O)c2ccc(C(=O)N/N=C/c3cccc(OC)c3)o2)c1. The molecule has 2 amide bonds. The molecule has 1 aromatic heterocycles. The average molecular weight is 420 g/mol. The Morgan fingerprint density at radius 1 is 0.774 bits per heavy atom. The number of nitrogens with one attached hydrogen (secondary N) is 2. The zero-order valence-corrected chi connectivity index (χ0v) is 16.9. The van der Waals surface area contributed by atoms with Crippen LogP contribution in [0.4, 0.5) is 0 Å². The molecule has 9 nitrogen and oxygen atoms in total. The van der Waals surface area contributed by atoms with Crippen molar-refractivity contribution in [1.29, 1.82) is 0 Å². The maximum Gasteiger partial charge on any atom is 0.307 e. The quantitative estimate of drug-likeness (QED) is 0.430. The van der Waals surface area contributed by atoms with Gasteiger partial charge in [-0.2, -0.15) is 10.2 Å². The van der Waals surface area contributed by atoms with Gasteiger partial charge >= 0.3 is 11.8 Å². The van der Waals surface area contributed by atoms with E-state index in [-0.39, 0.29) is 11.5 Å². The van der Waals surface area contributed by atoms with Gasteiger partial charge in [0.1, 0.15) is 11.5 Å². The van der Waals surface area contributed by atoms with E-state index in [4.69, 9.17) is 13.9 Å². The van der Waals surface area contributed by atoms with E-state index in [2.05, 4.69) is 21.1 Å². The highest BCUT2D eigenvalue weighted by Gasteiger charge is 2.15. The Bertz CT molecular complexity index is 1030. The Hall–Kier alpha value is -4.40. The topological polar surface area (TPSA) is 115 Å². The third-order valence-electron chi connectivity index (χ3n) is 4.00. The van der Waals surface area contributed by atoms with Crippen molar-refractivity contribution in [2.45, 2.75) is 0 Å². The first-order chi connectivity index (χ1) is 15.1. The van der Waals surface area contributed by atoms with Crippen molar-refractivity contribution in [3.05, 3.63) is 83.3 Å². The van der Waals surface area contributed by atoms with Crippen LogP contribution in [0.5, 0.6) is 11.5 Å². The van der Waals surface area contributed by atoms with Crippen molar-refractivity contribution in [3.63, 3.8) is 0 Å². The lowest BCUT2D eigenvalue weighted by molar-refractivity contribution is 0.0902. The summed E-state index contributed by atoms with van der Waals surface area (Å²) in [6.45, 7) is 0. The van der Waals surface area contributed by atoms with Crippen LogP contribution in [0.25, 0.3) is 0 Å². The first kappa shape index (κ1) is 21.3. The molecule has 2 aromatic carbocycles. The normalized spacial score (nSPS) is 10.9. The fraction of sp³-hybridized carbons (Fsp3) is 0.0909. The number of carbonyl (C=O) groups is 2. The average Bonchev–Trinajstić information content (AvgIpc) is 3.30. The molecule has 0 atom stereocenters. The molecule has 0 unspecified atom stereocenters. The highest BCUT2D eigenvalue weighted by atomic mass is 16.5. The molecule has 0 saturated carbocycles. The van der Waals surface area contributed by atoms with Gasteiger partial charge in [0, 0.05) is 0 Å². The Labute approximate surface area is 178 Å². The van der Waals surface area contributed by atoms with Crippen LogP contribution in [-0.4, -0.2) is 38.5 Å². The van der Waals surface area contributed by atoms with Gasteiger partial charge in [0.25, 0.3) is 0 Å². The maximum absolute atomic E-state index is 12.1. The van der Waals surface area contributed by atoms with Gasteiger partial charge in [-0.3, -0.25) is 9.59 Å². The zero-order valence-electron chi connectivity index (χ0n) is 16.9. The summed E-state index contributed by atoms with van der Waals surface area (Å²) in [7, 11) is 3.12. The Kier molecular flexibility index (Phi) is 7.15. The molecule has 0 aliphatic carbocycles. The predicted octanol–water partition coefficient (Wildman–Crippen LogP) is 2.82. The lowest BCUT2D eigenvalue weighted by Gasteiger charge is -2.00. The number of ether oxygens (including phenoxy) is 2. The molecule has 0 saturated heterocycles. The molecule has 31 heavy (non-hydrogen) atoms. The van der Waals surface area contributed by atoms with Crippen molar-refractivity contribution >= 4 is 24.2 Å². The summed E-state index contributed by atoms with van der Waals surface area (Å²) in [6.07, 6.45) is 2.93. The number of methoxy groups -OCH3 is 2. The highest BCUT2D eigenvalue weighted by Crippen LogP contribution is 2.12. The second-order valence-corrected chi connectivity index (χ2v) is 6.12. The molecule has 1 heterocycles. The number of nitrogens with zero attached hydrogens (tertiary/aromatic N) is 2. The standard InChI is InChI=1S/C22H20N4O5/c1-29-17-7-3-5-15(11-17)13-23-25-21(27)19-9-10-20(31-19)22(28)26-24-14-16-6-4-8-18(12-16)30-2/h3-14H,1-2H3,(H,25,27)(H,26,28)/b23-13+,24-14+. The third-order valence-corrected chi connectivity index (χ3v) is 4.00. The molecule has 158 valence electrons. The second-order valence-electron chi connectivity index (χ2n) is 6.12. The van der Waals surface area contributed by atoms with E-state index in [0.717, 1.165) is 11.1 Å². The molecule has 2 N–H and O–H groups in total. The molecule has 0 spiro atoms. The molecular formula is C22H20N4O5. The van der Waals surface area contributed by atoms with E-state index < -0.39 is 11.8 Å². The molecule has 3 aromatic rings. The number of furan rings is 1. The highest BCUT2D eigenvalue weighted by molar-refractivity contribution is 5.96. The predicted molar refractivity (Wildman–Crippen MR) is 115 cm³/mol. The van der Waals surface area contributed by atoms with Crippen LogP contribution in [0, 0.1) is 0 Å². The fourth-order valence-corrected chi connectivity index (χ4v) is 2.47. The van der Waals surface area contributed by atoms with Crippen molar-refractivity contribution in [3.8, 4) is 11.5 Å². The Morgan fingerprint density at radius 3 is 1.65 bits per heavy atom. The molecule has 3 rings (SSSR count). The Balaban J connectivity index is 1.54. The van der Waals surface area contributed by atoms with Gasteiger partial charge in [-0.25, -0.2) is 10.9 Å². The number of hydrazone groups is 2. The van der Waals surface area contributed by atoms with Crippen LogP contribution in [-0.2, 0) is 0 Å². The first-order valence-corrected chi connectivity index (χ1v) is 9.14. The van der Waals surface area contributed by atoms with Gasteiger partial charge in [-0.15, -0.1) is 0 Å². The van der Waals surface area contributed by atoms with Crippen LogP contribution in [0.2, 0.25) is 0 Å². The summed E-state index contributed by atoms with van der Waals surface area (Å²) in [5.74, 6) is 0.0163. The van der Waals surface area contributed by atoms with Crippen LogP contribution >= 0.6 is 0 Å². The molecule has 0 radical (unpaired) electrons. The number of amides is 2. The monoisotopic (exact) mass is 420 g/mol. The summed E-state index contributed by atoms with van der Waals surface area (Å²) in [5.41, 5.74) is 6.16. The number of carbonyl (C=O) groups excluding carboxylic acids is 2. The van der Waals surface area contributed by atoms with Crippen LogP contribution in [0.1, 0.15) is 32.2 Å². The van der Waals surface area contributed by atoms with Crippen molar-refractivity contribution in [2.24, 2.45) is 10.2 Å². The number of rotatable bonds is 8. The fourth-order valence-electron chi connectivity index (χ4n) is 2.47. The van der Waals surface area contributed by atoms with Gasteiger partial charge in [0.15, 0.2) is 11.5 Å². The largest absolute Gasteiger partial charge is 0.497 e. The first-order valence-electron chi connectivity index (χ1n) is 9.14. The molecule has 0 bridgehead atoms. The number of benzene rings is 2. The van der Waals surface area contributed by atoms with Crippen LogP contribution in [0.15, 0.2) is 75.3 Å². The summed E-state index contributed by atoms with van der Waals surface area (Å²) < 4.78 is 15.5. The van der Waals surface area contributed by atoms with Crippen molar-refractivity contribution < 1.29 is 23.5 Å². The minimum atomic E-state index is -0.599. The number of hydrogen-bond acceptors (Lipinski definition) is 7.